The minimum atomic E-state index is -0.414. The van der Waals surface area contributed by atoms with Gasteiger partial charge in [-0.05, 0) is 24.3 Å². The standard InChI is InChI=1S/C27H17N7O/c28-16-21-24(32-34(20-14-8-3-9-15-20)26(21)18-10-4-1-5-11-18)23-22-17-33(19-12-6-2-7-13-19)31-25(22)27(35)30-29-23/h1-15,17H,(H,30,35). The van der Waals surface area contributed by atoms with Gasteiger partial charge in [0.05, 0.1) is 22.5 Å². The van der Waals surface area contributed by atoms with Crippen LogP contribution in [0.25, 0.3) is 44.9 Å². The first-order chi connectivity index (χ1) is 17.2. The molecule has 0 atom stereocenters. The Kier molecular flexibility index (Phi) is 4.79. The van der Waals surface area contributed by atoms with Gasteiger partial charge >= 0.3 is 0 Å². The maximum absolute atomic E-state index is 12.6. The van der Waals surface area contributed by atoms with Gasteiger partial charge in [-0.3, -0.25) is 4.79 Å². The van der Waals surface area contributed by atoms with E-state index in [2.05, 4.69) is 21.4 Å². The third kappa shape index (κ3) is 3.39. The van der Waals surface area contributed by atoms with E-state index in [-0.39, 0.29) is 5.52 Å². The summed E-state index contributed by atoms with van der Waals surface area (Å²) in [4.78, 5) is 12.6. The Labute approximate surface area is 199 Å². The zero-order chi connectivity index (χ0) is 23.8. The molecule has 35 heavy (non-hydrogen) atoms. The van der Waals surface area contributed by atoms with E-state index >= 15 is 0 Å². The van der Waals surface area contributed by atoms with Crippen molar-refractivity contribution >= 4 is 10.9 Å². The molecule has 3 aromatic carbocycles. The summed E-state index contributed by atoms with van der Waals surface area (Å²) < 4.78 is 3.37. The van der Waals surface area contributed by atoms with Gasteiger partial charge in [0.15, 0.2) is 5.52 Å². The largest absolute Gasteiger partial charge is 0.292 e. The van der Waals surface area contributed by atoms with Gasteiger partial charge in [-0.1, -0.05) is 66.7 Å². The van der Waals surface area contributed by atoms with Crippen molar-refractivity contribution in [3.63, 3.8) is 0 Å². The first kappa shape index (κ1) is 20.3. The van der Waals surface area contributed by atoms with Crippen LogP contribution in [0.1, 0.15) is 5.56 Å². The number of nitriles is 1. The maximum Gasteiger partial charge on any atom is 0.292 e. The number of nitrogens with one attached hydrogen (secondary N) is 1. The number of aromatic amines is 1. The zero-order valence-electron chi connectivity index (χ0n) is 18.3. The lowest BCUT2D eigenvalue weighted by molar-refractivity contribution is 0.885. The molecule has 3 heterocycles. The van der Waals surface area contributed by atoms with Crippen molar-refractivity contribution in [3.05, 3.63) is 113 Å². The van der Waals surface area contributed by atoms with Crippen LogP contribution in [0.5, 0.6) is 0 Å². The molecule has 3 aromatic heterocycles. The molecule has 8 heteroatoms. The normalized spacial score (nSPS) is 10.9. The topological polar surface area (TPSA) is 105 Å². The molecule has 0 aliphatic heterocycles. The molecule has 8 nitrogen and oxygen atoms in total. The van der Waals surface area contributed by atoms with Crippen molar-refractivity contribution in [2.24, 2.45) is 0 Å². The summed E-state index contributed by atoms with van der Waals surface area (Å²) in [6.07, 6.45) is 1.74. The van der Waals surface area contributed by atoms with Gasteiger partial charge in [-0.25, -0.2) is 14.5 Å². The fourth-order valence-corrected chi connectivity index (χ4v) is 4.14. The number of para-hydroxylation sites is 2. The second kappa shape index (κ2) is 8.24. The first-order valence-corrected chi connectivity index (χ1v) is 10.9. The van der Waals surface area contributed by atoms with Crippen LogP contribution in [0.15, 0.2) is 102 Å². The molecule has 6 rings (SSSR count). The van der Waals surface area contributed by atoms with Crippen LogP contribution < -0.4 is 5.56 Å². The van der Waals surface area contributed by atoms with Crippen LogP contribution in [0.3, 0.4) is 0 Å². The van der Waals surface area contributed by atoms with Gasteiger partial charge in [0.1, 0.15) is 23.0 Å². The smallest absolute Gasteiger partial charge is 0.265 e. The summed E-state index contributed by atoms with van der Waals surface area (Å²) in [6.45, 7) is 0. The molecule has 1 N–H and O–H groups in total. The third-order valence-corrected chi connectivity index (χ3v) is 5.74. The van der Waals surface area contributed by atoms with Crippen LogP contribution in [0.4, 0.5) is 0 Å². The molecule has 166 valence electrons. The number of H-pyrrole nitrogens is 1. The minimum Gasteiger partial charge on any atom is -0.265 e. The molecule has 0 unspecified atom stereocenters. The Morgan fingerprint density at radius 2 is 1.40 bits per heavy atom. The number of benzene rings is 3. The van der Waals surface area contributed by atoms with E-state index in [1.54, 1.807) is 15.6 Å². The Morgan fingerprint density at radius 1 is 0.771 bits per heavy atom. The van der Waals surface area contributed by atoms with Crippen LogP contribution in [0, 0.1) is 11.3 Å². The maximum atomic E-state index is 12.6. The van der Waals surface area contributed by atoms with E-state index in [0.29, 0.717) is 28.0 Å². The van der Waals surface area contributed by atoms with Gasteiger partial charge in [0.2, 0.25) is 0 Å². The van der Waals surface area contributed by atoms with Crippen LogP contribution in [-0.2, 0) is 0 Å². The molecule has 0 saturated carbocycles. The summed E-state index contributed by atoms with van der Waals surface area (Å²) in [5.74, 6) is 0. The van der Waals surface area contributed by atoms with Crippen molar-refractivity contribution < 1.29 is 0 Å². The quantitative estimate of drug-likeness (QED) is 0.421. The predicted molar refractivity (Wildman–Crippen MR) is 132 cm³/mol. The van der Waals surface area contributed by atoms with Gasteiger partial charge in [-0.2, -0.15) is 20.6 Å². The number of hydrogen-bond donors (Lipinski definition) is 1. The van der Waals surface area contributed by atoms with Crippen molar-refractivity contribution in [1.82, 2.24) is 29.8 Å². The number of nitrogens with zero attached hydrogens (tertiary/aromatic N) is 6. The van der Waals surface area contributed by atoms with Gasteiger partial charge in [0, 0.05) is 11.8 Å². The lowest BCUT2D eigenvalue weighted by atomic mass is 10.0. The molecule has 0 radical (unpaired) electrons. The van der Waals surface area contributed by atoms with E-state index in [1.807, 2.05) is 91.0 Å². The van der Waals surface area contributed by atoms with Crippen LogP contribution >= 0.6 is 0 Å². The van der Waals surface area contributed by atoms with Gasteiger partial charge < -0.3 is 0 Å². The summed E-state index contributed by atoms with van der Waals surface area (Å²) in [6, 6.07) is 31.0. The fourth-order valence-electron chi connectivity index (χ4n) is 4.14. The highest BCUT2D eigenvalue weighted by molar-refractivity contribution is 5.93. The molecule has 0 fully saturated rings. The van der Waals surface area contributed by atoms with E-state index in [9.17, 15) is 10.1 Å². The summed E-state index contributed by atoms with van der Waals surface area (Å²) in [5.41, 5.74) is 3.99. The number of fused-ring (bicyclic) bond motifs is 1. The fraction of sp³-hybridized carbons (Fsp3) is 0. The van der Waals surface area contributed by atoms with Crippen LogP contribution in [-0.4, -0.2) is 29.8 Å². The highest BCUT2D eigenvalue weighted by Gasteiger charge is 2.25. The van der Waals surface area contributed by atoms with E-state index in [0.717, 1.165) is 16.9 Å². The first-order valence-electron chi connectivity index (χ1n) is 10.9. The molecule has 0 aliphatic carbocycles. The average Bonchev–Trinajstić information content (AvgIpc) is 3.54. The second-order valence-electron chi connectivity index (χ2n) is 7.87. The highest BCUT2D eigenvalue weighted by atomic mass is 16.1. The van der Waals surface area contributed by atoms with Crippen molar-refractivity contribution in [2.75, 3.05) is 0 Å². The monoisotopic (exact) mass is 455 g/mol. The SMILES string of the molecule is N#Cc1c(-c2n[nH]c(=O)c3nn(-c4ccccc4)cc23)nn(-c2ccccc2)c1-c1ccccc1. The summed E-state index contributed by atoms with van der Waals surface area (Å²) in [5, 5.41) is 26.9. The predicted octanol–water partition coefficient (Wildman–Crippen LogP) is 4.50. The van der Waals surface area contributed by atoms with E-state index in [4.69, 9.17) is 5.10 Å². The molecular weight excluding hydrogens is 438 g/mol. The second-order valence-corrected chi connectivity index (χ2v) is 7.87. The molecule has 0 spiro atoms. The summed E-state index contributed by atoms with van der Waals surface area (Å²) >= 11 is 0. The van der Waals surface area contributed by atoms with E-state index < -0.39 is 5.56 Å². The molecular formula is C27H17N7O. The highest BCUT2D eigenvalue weighted by Crippen LogP contribution is 2.35. The number of aromatic nitrogens is 6. The molecule has 0 aliphatic rings. The molecule has 0 bridgehead atoms. The Bertz CT molecular complexity index is 1760. The Hall–Kier alpha value is -5.29. The molecule has 0 amide bonds. The summed E-state index contributed by atoms with van der Waals surface area (Å²) in [7, 11) is 0. The molecule has 6 aromatic rings. The van der Waals surface area contributed by atoms with Crippen molar-refractivity contribution in [1.29, 1.82) is 5.26 Å². The van der Waals surface area contributed by atoms with Gasteiger partial charge in [0.25, 0.3) is 5.56 Å². The zero-order valence-corrected chi connectivity index (χ0v) is 18.3. The van der Waals surface area contributed by atoms with Gasteiger partial charge in [-0.15, -0.1) is 0 Å². The lowest BCUT2D eigenvalue weighted by Crippen LogP contribution is -2.10. The minimum absolute atomic E-state index is 0.221. The van der Waals surface area contributed by atoms with Crippen molar-refractivity contribution in [3.8, 4) is 40.1 Å². The third-order valence-electron chi connectivity index (χ3n) is 5.74. The average molecular weight is 455 g/mol. The lowest BCUT2D eigenvalue weighted by Gasteiger charge is -2.07. The Balaban J connectivity index is 1.65. The molecule has 0 saturated heterocycles. The van der Waals surface area contributed by atoms with E-state index in [1.165, 1.54) is 0 Å². The van der Waals surface area contributed by atoms with Crippen LogP contribution in [0.2, 0.25) is 0 Å². The number of rotatable bonds is 4. The Morgan fingerprint density at radius 3 is 2.06 bits per heavy atom. The van der Waals surface area contributed by atoms with Crippen molar-refractivity contribution in [2.45, 2.75) is 0 Å². The number of hydrogen-bond acceptors (Lipinski definition) is 5.